The van der Waals surface area contributed by atoms with Crippen LogP contribution in [0.25, 0.3) is 0 Å². The number of nitrogens with zero attached hydrogens (tertiary/aromatic N) is 1. The number of hydrogen-bond acceptors (Lipinski definition) is 3. The molecule has 0 bridgehead atoms. The maximum Gasteiger partial charge on any atom is 0.235 e. The van der Waals surface area contributed by atoms with E-state index in [9.17, 15) is 4.79 Å². The van der Waals surface area contributed by atoms with Crippen LogP contribution in [0.5, 0.6) is 5.75 Å². The van der Waals surface area contributed by atoms with E-state index in [-0.39, 0.29) is 0 Å². The zero-order chi connectivity index (χ0) is 11.4. The van der Waals surface area contributed by atoms with E-state index in [1.165, 1.54) is 12.8 Å². The van der Waals surface area contributed by atoms with Crippen LogP contribution in [-0.2, 0) is 11.3 Å². The summed E-state index contributed by atoms with van der Waals surface area (Å²) in [4.78, 5) is 13.7. The van der Waals surface area contributed by atoms with Crippen molar-refractivity contribution >= 4 is 6.08 Å². The summed E-state index contributed by atoms with van der Waals surface area (Å²) in [7, 11) is 0. The third-order valence-corrected chi connectivity index (χ3v) is 2.70. The second kappa shape index (κ2) is 4.95. The van der Waals surface area contributed by atoms with Crippen LogP contribution in [0.15, 0.2) is 23.2 Å². The van der Waals surface area contributed by atoms with Crippen molar-refractivity contribution in [2.45, 2.75) is 26.3 Å². The van der Waals surface area contributed by atoms with Gasteiger partial charge < -0.3 is 4.74 Å². The Morgan fingerprint density at radius 2 is 2.31 bits per heavy atom. The van der Waals surface area contributed by atoms with Crippen molar-refractivity contribution in [1.29, 1.82) is 0 Å². The second-order valence-electron chi connectivity index (χ2n) is 4.27. The lowest BCUT2D eigenvalue weighted by atomic mass is 10.1. The smallest absolute Gasteiger partial charge is 0.235 e. The first kappa shape index (κ1) is 10.9. The molecule has 0 aliphatic heterocycles. The highest BCUT2D eigenvalue weighted by molar-refractivity contribution is 5.39. The van der Waals surface area contributed by atoms with Gasteiger partial charge in [-0.3, -0.25) is 0 Å². The largest absolute Gasteiger partial charge is 0.493 e. The Morgan fingerprint density at radius 1 is 1.50 bits per heavy atom. The Morgan fingerprint density at radius 3 is 3.00 bits per heavy atom. The monoisotopic (exact) mass is 217 g/mol. The predicted molar refractivity (Wildman–Crippen MR) is 61.2 cm³/mol. The maximum absolute atomic E-state index is 10.1. The molecular formula is C13H15NO2. The lowest BCUT2D eigenvalue weighted by Gasteiger charge is -2.10. The van der Waals surface area contributed by atoms with Crippen LogP contribution in [0.3, 0.4) is 0 Å². The van der Waals surface area contributed by atoms with E-state index in [1.54, 1.807) is 6.08 Å². The summed E-state index contributed by atoms with van der Waals surface area (Å²) in [6.45, 7) is 3.14. The molecule has 1 aliphatic carbocycles. The lowest BCUT2D eigenvalue weighted by Crippen LogP contribution is -2.01. The molecule has 1 fully saturated rings. The molecule has 3 nitrogen and oxygen atoms in total. The van der Waals surface area contributed by atoms with Crippen LogP contribution in [0.4, 0.5) is 0 Å². The molecule has 1 saturated carbocycles. The molecule has 0 amide bonds. The minimum Gasteiger partial charge on any atom is -0.493 e. The van der Waals surface area contributed by atoms with Crippen LogP contribution in [0.2, 0.25) is 0 Å². The summed E-state index contributed by atoms with van der Waals surface area (Å²) in [6, 6.07) is 5.97. The van der Waals surface area contributed by atoms with Gasteiger partial charge in [-0.1, -0.05) is 17.7 Å². The van der Waals surface area contributed by atoms with Crippen molar-refractivity contribution < 1.29 is 9.53 Å². The van der Waals surface area contributed by atoms with Gasteiger partial charge in [-0.15, -0.1) is 0 Å². The first-order valence-electron chi connectivity index (χ1n) is 5.55. The first-order valence-corrected chi connectivity index (χ1v) is 5.55. The molecule has 1 aromatic carbocycles. The second-order valence-corrected chi connectivity index (χ2v) is 4.27. The van der Waals surface area contributed by atoms with Gasteiger partial charge in [0.2, 0.25) is 6.08 Å². The predicted octanol–water partition coefficient (Wildman–Crippen LogP) is 2.62. The third-order valence-electron chi connectivity index (χ3n) is 2.70. The molecule has 0 spiro atoms. The molecule has 3 heteroatoms. The molecule has 0 aromatic heterocycles. The molecule has 0 N–H and O–H groups in total. The number of ether oxygens (including phenoxy) is 1. The van der Waals surface area contributed by atoms with Crippen molar-refractivity contribution in [2.75, 3.05) is 6.61 Å². The van der Waals surface area contributed by atoms with Crippen LogP contribution >= 0.6 is 0 Å². The van der Waals surface area contributed by atoms with Gasteiger partial charge in [0.05, 0.1) is 13.2 Å². The summed E-state index contributed by atoms with van der Waals surface area (Å²) in [5.74, 6) is 1.57. The van der Waals surface area contributed by atoms with Gasteiger partial charge in [-0.05, 0) is 31.7 Å². The fraction of sp³-hybridized carbons (Fsp3) is 0.462. The third kappa shape index (κ3) is 2.94. The van der Waals surface area contributed by atoms with Crippen molar-refractivity contribution in [1.82, 2.24) is 0 Å². The van der Waals surface area contributed by atoms with E-state index in [2.05, 4.69) is 4.99 Å². The number of aryl methyl sites for hydroxylation is 1. The number of hydrogen-bond donors (Lipinski definition) is 0. The lowest BCUT2D eigenvalue weighted by molar-refractivity contribution is 0.297. The average molecular weight is 217 g/mol. The highest BCUT2D eigenvalue weighted by atomic mass is 16.5. The minimum atomic E-state index is 0.352. The summed E-state index contributed by atoms with van der Waals surface area (Å²) < 4.78 is 5.72. The van der Waals surface area contributed by atoms with Crippen molar-refractivity contribution in [2.24, 2.45) is 10.9 Å². The van der Waals surface area contributed by atoms with E-state index in [4.69, 9.17) is 4.74 Å². The van der Waals surface area contributed by atoms with Gasteiger partial charge >= 0.3 is 0 Å². The molecule has 84 valence electrons. The standard InChI is InChI=1S/C13H15NO2/c1-10-2-5-13(16-8-11-3-4-11)12(6-10)7-14-9-15/h2,5-6,11H,3-4,7-8H2,1H3. The molecule has 0 heterocycles. The highest BCUT2D eigenvalue weighted by Crippen LogP contribution is 2.30. The number of benzene rings is 1. The van der Waals surface area contributed by atoms with Crippen molar-refractivity contribution in [3.8, 4) is 5.75 Å². The van der Waals surface area contributed by atoms with E-state index in [1.807, 2.05) is 25.1 Å². The molecule has 16 heavy (non-hydrogen) atoms. The maximum atomic E-state index is 10.1. The molecule has 1 aliphatic rings. The van der Waals surface area contributed by atoms with Gasteiger partial charge in [-0.25, -0.2) is 9.79 Å². The van der Waals surface area contributed by atoms with Gasteiger partial charge in [0.1, 0.15) is 5.75 Å². The van der Waals surface area contributed by atoms with Gasteiger partial charge in [0.15, 0.2) is 0 Å². The summed E-state index contributed by atoms with van der Waals surface area (Å²) in [6.07, 6.45) is 4.10. The van der Waals surface area contributed by atoms with Crippen LogP contribution in [0, 0.1) is 12.8 Å². The number of carbonyl (C=O) groups excluding carboxylic acids is 1. The zero-order valence-electron chi connectivity index (χ0n) is 9.40. The normalized spacial score (nSPS) is 14.3. The van der Waals surface area contributed by atoms with Gasteiger partial charge in [0, 0.05) is 5.56 Å². The van der Waals surface area contributed by atoms with E-state index >= 15 is 0 Å². The van der Waals surface area contributed by atoms with E-state index in [0.717, 1.165) is 29.4 Å². The fourth-order valence-electron chi connectivity index (χ4n) is 1.58. The van der Waals surface area contributed by atoms with Crippen molar-refractivity contribution in [3.05, 3.63) is 29.3 Å². The molecule has 0 unspecified atom stereocenters. The zero-order valence-corrected chi connectivity index (χ0v) is 9.40. The van der Waals surface area contributed by atoms with Crippen LogP contribution < -0.4 is 4.74 Å². The molecule has 0 saturated heterocycles. The van der Waals surface area contributed by atoms with Gasteiger partial charge in [-0.2, -0.15) is 0 Å². The SMILES string of the molecule is Cc1ccc(OCC2CC2)c(CN=C=O)c1. The Hall–Kier alpha value is -1.60. The highest BCUT2D eigenvalue weighted by Gasteiger charge is 2.22. The molecule has 0 radical (unpaired) electrons. The first-order chi connectivity index (χ1) is 7.79. The number of aliphatic imine (C=N–C) groups is 1. The van der Waals surface area contributed by atoms with E-state index < -0.39 is 0 Å². The van der Waals surface area contributed by atoms with Gasteiger partial charge in [0.25, 0.3) is 0 Å². The summed E-state index contributed by atoms with van der Waals surface area (Å²) >= 11 is 0. The Balaban J connectivity index is 2.09. The molecular weight excluding hydrogens is 202 g/mol. The van der Waals surface area contributed by atoms with E-state index in [0.29, 0.717) is 6.54 Å². The topological polar surface area (TPSA) is 38.7 Å². The molecule has 2 rings (SSSR count). The summed E-state index contributed by atoms with van der Waals surface area (Å²) in [5.41, 5.74) is 2.11. The number of rotatable bonds is 5. The Kier molecular flexibility index (Phi) is 3.37. The minimum absolute atomic E-state index is 0.352. The number of isocyanates is 1. The summed E-state index contributed by atoms with van der Waals surface area (Å²) in [5, 5.41) is 0. The molecule has 0 atom stereocenters. The van der Waals surface area contributed by atoms with Crippen molar-refractivity contribution in [3.63, 3.8) is 0 Å². The fourth-order valence-corrected chi connectivity index (χ4v) is 1.58. The Labute approximate surface area is 95.2 Å². The quantitative estimate of drug-likeness (QED) is 0.561. The van der Waals surface area contributed by atoms with Crippen LogP contribution in [-0.4, -0.2) is 12.7 Å². The van der Waals surface area contributed by atoms with Crippen LogP contribution in [0.1, 0.15) is 24.0 Å². The average Bonchev–Trinajstić information content (AvgIpc) is 3.09. The Bertz CT molecular complexity index is 418. The molecule has 1 aromatic rings.